The second kappa shape index (κ2) is 5.48. The van der Waals surface area contributed by atoms with Crippen LogP contribution in [0.1, 0.15) is 29.6 Å². The molecule has 0 unspecified atom stereocenters. The second-order valence-electron chi connectivity index (χ2n) is 5.42. The number of amides is 1. The molecule has 1 saturated carbocycles. The highest BCUT2D eigenvalue weighted by atomic mass is 32.2. The van der Waals surface area contributed by atoms with Crippen molar-refractivity contribution in [2.24, 2.45) is 5.41 Å². The third-order valence-electron chi connectivity index (χ3n) is 3.90. The molecule has 2 N–H and O–H groups in total. The minimum Gasteiger partial charge on any atom is -0.481 e. The Labute approximate surface area is 123 Å². The monoisotopic (exact) mass is 311 g/mol. The molecule has 6 nitrogen and oxygen atoms in total. The van der Waals surface area contributed by atoms with E-state index >= 15 is 0 Å². The van der Waals surface area contributed by atoms with Crippen molar-refractivity contribution in [1.29, 1.82) is 0 Å². The Morgan fingerprint density at radius 3 is 2.19 bits per heavy atom. The summed E-state index contributed by atoms with van der Waals surface area (Å²) in [7, 11) is -3.30. The Hall–Kier alpha value is -1.89. The molecule has 0 aliphatic heterocycles. The molecule has 2 rings (SSSR count). The Balaban J connectivity index is 2.02. The first-order chi connectivity index (χ1) is 9.74. The lowest BCUT2D eigenvalue weighted by molar-refractivity contribution is -0.153. The number of aliphatic carboxylic acids is 1. The van der Waals surface area contributed by atoms with E-state index in [0.717, 1.165) is 12.7 Å². The van der Waals surface area contributed by atoms with E-state index in [1.807, 2.05) is 0 Å². The first-order valence-corrected chi connectivity index (χ1v) is 8.45. The number of carbonyl (C=O) groups excluding carboxylic acids is 1. The molecule has 1 fully saturated rings. The summed E-state index contributed by atoms with van der Waals surface area (Å²) in [6, 6.07) is 5.56. The highest BCUT2D eigenvalue weighted by Gasteiger charge is 2.44. The van der Waals surface area contributed by atoms with Crippen LogP contribution in [0.5, 0.6) is 0 Å². The van der Waals surface area contributed by atoms with Crippen LogP contribution in [0.4, 0.5) is 0 Å². The third kappa shape index (κ3) is 3.24. The standard InChI is InChI=1S/C14H17NO5S/c1-21(19,20)11-5-3-10(4-6-11)12(16)15-9-14(13(17)18)7-2-8-14/h3-6H,2,7-9H2,1H3,(H,15,16)(H,17,18). The fraction of sp³-hybridized carbons (Fsp3) is 0.429. The minimum atomic E-state index is -3.30. The third-order valence-corrected chi connectivity index (χ3v) is 5.02. The van der Waals surface area contributed by atoms with E-state index in [1.54, 1.807) is 0 Å². The van der Waals surface area contributed by atoms with Crippen LogP contribution in [-0.4, -0.2) is 38.2 Å². The number of carbonyl (C=O) groups is 2. The zero-order chi connectivity index (χ0) is 15.7. The number of hydrogen-bond donors (Lipinski definition) is 2. The number of rotatable bonds is 5. The van der Waals surface area contributed by atoms with Crippen LogP contribution in [-0.2, 0) is 14.6 Å². The number of carboxylic acids is 1. The first kappa shape index (κ1) is 15.5. The van der Waals surface area contributed by atoms with Crippen LogP contribution in [0, 0.1) is 5.41 Å². The maximum atomic E-state index is 12.0. The van der Waals surface area contributed by atoms with Gasteiger partial charge in [-0.15, -0.1) is 0 Å². The summed E-state index contributed by atoms with van der Waals surface area (Å²) in [5.41, 5.74) is -0.537. The largest absolute Gasteiger partial charge is 0.481 e. The van der Waals surface area contributed by atoms with Crippen LogP contribution < -0.4 is 5.32 Å². The van der Waals surface area contributed by atoms with Crippen molar-refractivity contribution < 1.29 is 23.1 Å². The zero-order valence-electron chi connectivity index (χ0n) is 11.6. The highest BCUT2D eigenvalue weighted by Crippen LogP contribution is 2.40. The molecule has 1 aromatic carbocycles. The summed E-state index contributed by atoms with van der Waals surface area (Å²) in [4.78, 5) is 23.3. The van der Waals surface area contributed by atoms with Crippen molar-refractivity contribution in [3.05, 3.63) is 29.8 Å². The molecule has 1 aliphatic rings. The van der Waals surface area contributed by atoms with Gasteiger partial charge in [-0.05, 0) is 37.1 Å². The number of benzene rings is 1. The molecule has 0 aromatic heterocycles. The van der Waals surface area contributed by atoms with Gasteiger partial charge in [-0.1, -0.05) is 6.42 Å². The Kier molecular flexibility index (Phi) is 4.04. The van der Waals surface area contributed by atoms with Gasteiger partial charge in [0.25, 0.3) is 5.91 Å². The molecule has 0 saturated heterocycles. The Morgan fingerprint density at radius 2 is 1.81 bits per heavy atom. The second-order valence-corrected chi connectivity index (χ2v) is 7.43. The molecular weight excluding hydrogens is 294 g/mol. The van der Waals surface area contributed by atoms with E-state index in [9.17, 15) is 23.1 Å². The van der Waals surface area contributed by atoms with Gasteiger partial charge in [0.2, 0.25) is 0 Å². The summed E-state index contributed by atoms with van der Waals surface area (Å²) >= 11 is 0. The van der Waals surface area contributed by atoms with Crippen molar-refractivity contribution in [3.8, 4) is 0 Å². The fourth-order valence-electron chi connectivity index (χ4n) is 2.27. The van der Waals surface area contributed by atoms with Crippen LogP contribution in [0.15, 0.2) is 29.2 Å². The lowest BCUT2D eigenvalue weighted by atomic mass is 9.69. The Bertz CT molecular complexity index is 659. The minimum absolute atomic E-state index is 0.0923. The SMILES string of the molecule is CS(=O)(=O)c1ccc(C(=O)NCC2(C(=O)O)CCC2)cc1. The number of hydrogen-bond acceptors (Lipinski definition) is 4. The molecule has 0 heterocycles. The van der Waals surface area contributed by atoms with Gasteiger partial charge in [-0.25, -0.2) is 8.42 Å². The lowest BCUT2D eigenvalue weighted by Crippen LogP contribution is -2.47. The molecule has 7 heteroatoms. The van der Waals surface area contributed by atoms with Gasteiger partial charge in [-0.2, -0.15) is 0 Å². The molecule has 0 atom stereocenters. The van der Waals surface area contributed by atoms with Gasteiger partial charge in [0, 0.05) is 18.4 Å². The zero-order valence-corrected chi connectivity index (χ0v) is 12.4. The topological polar surface area (TPSA) is 101 Å². The van der Waals surface area contributed by atoms with Crippen molar-refractivity contribution in [1.82, 2.24) is 5.32 Å². The van der Waals surface area contributed by atoms with E-state index in [2.05, 4.69) is 5.32 Å². The summed E-state index contributed by atoms with van der Waals surface area (Å²) in [5.74, 6) is -1.29. The number of carboxylic acid groups (broad SMARTS) is 1. The van der Waals surface area contributed by atoms with Gasteiger partial charge in [0.15, 0.2) is 9.84 Å². The van der Waals surface area contributed by atoms with Gasteiger partial charge in [0.1, 0.15) is 0 Å². The van der Waals surface area contributed by atoms with E-state index in [-0.39, 0.29) is 11.4 Å². The normalized spacial score (nSPS) is 16.8. The Morgan fingerprint density at radius 1 is 1.24 bits per heavy atom. The van der Waals surface area contributed by atoms with Gasteiger partial charge in [-0.3, -0.25) is 9.59 Å². The average Bonchev–Trinajstić information content (AvgIpc) is 2.36. The van der Waals surface area contributed by atoms with Crippen LogP contribution >= 0.6 is 0 Å². The van der Waals surface area contributed by atoms with Gasteiger partial charge < -0.3 is 10.4 Å². The molecule has 1 aliphatic carbocycles. The molecule has 0 radical (unpaired) electrons. The maximum Gasteiger partial charge on any atom is 0.311 e. The van der Waals surface area contributed by atoms with E-state index in [0.29, 0.717) is 18.4 Å². The quantitative estimate of drug-likeness (QED) is 0.847. The summed E-state index contributed by atoms with van der Waals surface area (Å²) in [6.07, 6.45) is 3.08. The van der Waals surface area contributed by atoms with Gasteiger partial charge >= 0.3 is 5.97 Å². The van der Waals surface area contributed by atoms with E-state index in [4.69, 9.17) is 0 Å². The average molecular weight is 311 g/mol. The predicted molar refractivity (Wildman–Crippen MR) is 75.8 cm³/mol. The lowest BCUT2D eigenvalue weighted by Gasteiger charge is -2.37. The predicted octanol–water partition coefficient (Wildman–Crippen LogP) is 1.07. The van der Waals surface area contributed by atoms with Crippen molar-refractivity contribution >= 4 is 21.7 Å². The van der Waals surface area contributed by atoms with Gasteiger partial charge in [0.05, 0.1) is 10.3 Å². The molecule has 1 amide bonds. The highest BCUT2D eigenvalue weighted by molar-refractivity contribution is 7.90. The van der Waals surface area contributed by atoms with E-state index in [1.165, 1.54) is 24.3 Å². The van der Waals surface area contributed by atoms with E-state index < -0.39 is 27.1 Å². The molecule has 0 spiro atoms. The molecule has 21 heavy (non-hydrogen) atoms. The number of sulfone groups is 1. The van der Waals surface area contributed by atoms with Crippen molar-refractivity contribution in [2.45, 2.75) is 24.2 Å². The maximum absolute atomic E-state index is 12.0. The van der Waals surface area contributed by atoms with Crippen molar-refractivity contribution in [3.63, 3.8) is 0 Å². The molecule has 1 aromatic rings. The summed E-state index contributed by atoms with van der Waals surface area (Å²) in [6.45, 7) is 0.0923. The van der Waals surface area contributed by atoms with Crippen LogP contribution in [0.2, 0.25) is 0 Å². The molecule has 114 valence electrons. The van der Waals surface area contributed by atoms with Crippen molar-refractivity contribution in [2.75, 3.05) is 12.8 Å². The first-order valence-electron chi connectivity index (χ1n) is 6.56. The summed E-state index contributed by atoms with van der Waals surface area (Å²) < 4.78 is 22.7. The smallest absolute Gasteiger partial charge is 0.311 e. The van der Waals surface area contributed by atoms with Crippen LogP contribution in [0.3, 0.4) is 0 Å². The number of nitrogens with one attached hydrogen (secondary N) is 1. The summed E-state index contributed by atoms with van der Waals surface area (Å²) in [5, 5.41) is 11.8. The van der Waals surface area contributed by atoms with Crippen LogP contribution in [0.25, 0.3) is 0 Å². The fourth-order valence-corrected chi connectivity index (χ4v) is 2.91. The molecule has 0 bridgehead atoms. The molecular formula is C14H17NO5S.